The number of rotatable bonds is 2. The number of hydrogen-bond donors (Lipinski definition) is 2. The summed E-state index contributed by atoms with van der Waals surface area (Å²) >= 11 is 0. The van der Waals surface area contributed by atoms with Crippen molar-refractivity contribution in [2.75, 3.05) is 7.11 Å². The molecule has 0 amide bonds. The van der Waals surface area contributed by atoms with E-state index in [1.165, 1.54) is 7.11 Å². The molecular formula is C7H13NO3. The molecule has 1 aliphatic rings. The van der Waals surface area contributed by atoms with Gasteiger partial charge in [-0.3, -0.25) is 4.79 Å². The first kappa shape index (κ1) is 8.49. The van der Waals surface area contributed by atoms with Crippen molar-refractivity contribution in [3.8, 4) is 0 Å². The van der Waals surface area contributed by atoms with Gasteiger partial charge in [0.05, 0.1) is 19.6 Å². The lowest BCUT2D eigenvalue weighted by atomic mass is 9.75. The minimum Gasteiger partial charge on any atom is -0.469 e. The first-order chi connectivity index (χ1) is 5.15. The number of ether oxygens (including phenoxy) is 1. The van der Waals surface area contributed by atoms with E-state index in [-0.39, 0.29) is 24.3 Å². The standard InChI is InChI=1S/C7H13NO3/c1-11-7(10)2-4-5(8)3-6(4)9/h4-6,9H,2-3,8H2,1H3. The summed E-state index contributed by atoms with van der Waals surface area (Å²) in [6, 6.07) is -0.0379. The molecule has 3 unspecified atom stereocenters. The second kappa shape index (κ2) is 3.19. The molecule has 0 bridgehead atoms. The third kappa shape index (κ3) is 1.70. The number of aliphatic hydroxyl groups excluding tert-OH is 1. The van der Waals surface area contributed by atoms with E-state index in [2.05, 4.69) is 4.74 Å². The molecule has 0 spiro atoms. The van der Waals surface area contributed by atoms with Crippen LogP contribution in [0.4, 0.5) is 0 Å². The zero-order valence-corrected chi connectivity index (χ0v) is 6.49. The molecule has 3 N–H and O–H groups in total. The Bertz CT molecular complexity index is 152. The second-order valence-corrected chi connectivity index (χ2v) is 2.91. The molecule has 3 atom stereocenters. The van der Waals surface area contributed by atoms with Crippen molar-refractivity contribution in [3.63, 3.8) is 0 Å². The average molecular weight is 159 g/mol. The van der Waals surface area contributed by atoms with Crippen LogP contribution in [0.5, 0.6) is 0 Å². The molecule has 0 aromatic carbocycles. The molecule has 64 valence electrons. The monoisotopic (exact) mass is 159 g/mol. The molecule has 1 rings (SSSR count). The first-order valence-corrected chi connectivity index (χ1v) is 3.65. The fraction of sp³-hybridized carbons (Fsp3) is 0.857. The van der Waals surface area contributed by atoms with Crippen molar-refractivity contribution in [1.82, 2.24) is 0 Å². The fourth-order valence-electron chi connectivity index (χ4n) is 1.28. The summed E-state index contributed by atoms with van der Waals surface area (Å²) in [7, 11) is 1.33. The quantitative estimate of drug-likeness (QED) is 0.520. The average Bonchev–Trinajstić information content (AvgIpc) is 2.00. The van der Waals surface area contributed by atoms with E-state index in [9.17, 15) is 4.79 Å². The van der Waals surface area contributed by atoms with Crippen LogP contribution in [-0.2, 0) is 9.53 Å². The normalized spacial score (nSPS) is 36.1. The smallest absolute Gasteiger partial charge is 0.305 e. The van der Waals surface area contributed by atoms with Gasteiger partial charge in [0.15, 0.2) is 0 Å². The van der Waals surface area contributed by atoms with Crippen molar-refractivity contribution >= 4 is 5.97 Å². The molecule has 1 saturated carbocycles. The summed E-state index contributed by atoms with van der Waals surface area (Å²) < 4.78 is 4.45. The third-order valence-electron chi connectivity index (χ3n) is 2.19. The predicted molar refractivity (Wildman–Crippen MR) is 38.7 cm³/mol. The van der Waals surface area contributed by atoms with Crippen LogP contribution in [0.3, 0.4) is 0 Å². The van der Waals surface area contributed by atoms with Gasteiger partial charge in [-0.15, -0.1) is 0 Å². The van der Waals surface area contributed by atoms with E-state index >= 15 is 0 Å². The van der Waals surface area contributed by atoms with Crippen LogP contribution in [0.2, 0.25) is 0 Å². The predicted octanol–water partition coefficient (Wildman–Crippen LogP) is -0.742. The van der Waals surface area contributed by atoms with Gasteiger partial charge in [0.1, 0.15) is 0 Å². The van der Waals surface area contributed by atoms with Crippen molar-refractivity contribution in [2.45, 2.75) is 25.0 Å². The number of aliphatic hydroxyl groups is 1. The largest absolute Gasteiger partial charge is 0.469 e. The van der Waals surface area contributed by atoms with Crippen LogP contribution in [-0.4, -0.2) is 30.3 Å². The number of nitrogens with two attached hydrogens (primary N) is 1. The topological polar surface area (TPSA) is 72.5 Å². The fourth-order valence-corrected chi connectivity index (χ4v) is 1.28. The Balaban J connectivity index is 2.31. The summed E-state index contributed by atoms with van der Waals surface area (Å²) in [5, 5.41) is 9.13. The summed E-state index contributed by atoms with van der Waals surface area (Å²) in [6.45, 7) is 0. The Morgan fingerprint density at radius 2 is 2.45 bits per heavy atom. The first-order valence-electron chi connectivity index (χ1n) is 3.65. The maximum atomic E-state index is 10.7. The SMILES string of the molecule is COC(=O)CC1C(N)CC1O. The molecule has 0 heterocycles. The number of methoxy groups -OCH3 is 1. The van der Waals surface area contributed by atoms with Gasteiger partial charge in [0.25, 0.3) is 0 Å². The van der Waals surface area contributed by atoms with E-state index in [4.69, 9.17) is 10.8 Å². The van der Waals surface area contributed by atoms with E-state index in [0.29, 0.717) is 6.42 Å². The molecule has 0 aliphatic heterocycles. The molecule has 4 nitrogen and oxygen atoms in total. The van der Waals surface area contributed by atoms with Gasteiger partial charge in [0, 0.05) is 12.0 Å². The lowest BCUT2D eigenvalue weighted by molar-refractivity contribution is -0.145. The van der Waals surface area contributed by atoms with Crippen molar-refractivity contribution in [2.24, 2.45) is 11.7 Å². The van der Waals surface area contributed by atoms with Gasteiger partial charge in [-0.1, -0.05) is 0 Å². The lowest BCUT2D eigenvalue weighted by Crippen LogP contribution is -2.51. The van der Waals surface area contributed by atoms with Crippen molar-refractivity contribution < 1.29 is 14.6 Å². The Kier molecular flexibility index (Phi) is 2.46. The van der Waals surface area contributed by atoms with E-state index in [1.807, 2.05) is 0 Å². The molecule has 0 saturated heterocycles. The van der Waals surface area contributed by atoms with E-state index in [1.54, 1.807) is 0 Å². The van der Waals surface area contributed by atoms with Crippen LogP contribution in [0, 0.1) is 5.92 Å². The number of carbonyl (C=O) groups excluding carboxylic acids is 1. The summed E-state index contributed by atoms with van der Waals surface area (Å²) in [6.07, 6.45) is 0.421. The Morgan fingerprint density at radius 1 is 1.82 bits per heavy atom. The van der Waals surface area contributed by atoms with Crippen LogP contribution in [0.1, 0.15) is 12.8 Å². The molecule has 1 fully saturated rings. The third-order valence-corrected chi connectivity index (χ3v) is 2.19. The number of carbonyl (C=O) groups is 1. The highest BCUT2D eigenvalue weighted by Gasteiger charge is 2.38. The van der Waals surface area contributed by atoms with Gasteiger partial charge in [0.2, 0.25) is 0 Å². The molecule has 0 radical (unpaired) electrons. The van der Waals surface area contributed by atoms with Crippen LogP contribution >= 0.6 is 0 Å². The van der Waals surface area contributed by atoms with Crippen LogP contribution in [0.25, 0.3) is 0 Å². The van der Waals surface area contributed by atoms with Gasteiger partial charge < -0.3 is 15.6 Å². The Labute approximate surface area is 65.3 Å². The molecule has 0 aromatic rings. The van der Waals surface area contributed by atoms with E-state index < -0.39 is 6.10 Å². The van der Waals surface area contributed by atoms with Crippen molar-refractivity contribution in [3.05, 3.63) is 0 Å². The minimum absolute atomic E-state index is 0.0379. The Hall–Kier alpha value is -0.610. The lowest BCUT2D eigenvalue weighted by Gasteiger charge is -2.38. The molecule has 11 heavy (non-hydrogen) atoms. The highest BCUT2D eigenvalue weighted by Crippen LogP contribution is 2.29. The number of esters is 1. The number of hydrogen-bond acceptors (Lipinski definition) is 4. The summed E-state index contributed by atoms with van der Waals surface area (Å²) in [4.78, 5) is 10.7. The van der Waals surface area contributed by atoms with Gasteiger partial charge >= 0.3 is 5.97 Å². The molecule has 4 heteroatoms. The Morgan fingerprint density at radius 3 is 2.82 bits per heavy atom. The molecular weight excluding hydrogens is 146 g/mol. The summed E-state index contributed by atoms with van der Waals surface area (Å²) in [5.41, 5.74) is 5.55. The second-order valence-electron chi connectivity index (χ2n) is 2.91. The van der Waals surface area contributed by atoms with Gasteiger partial charge in [-0.2, -0.15) is 0 Å². The highest BCUT2D eigenvalue weighted by molar-refractivity contribution is 5.69. The van der Waals surface area contributed by atoms with Gasteiger partial charge in [-0.25, -0.2) is 0 Å². The zero-order valence-electron chi connectivity index (χ0n) is 6.49. The van der Waals surface area contributed by atoms with Crippen LogP contribution in [0.15, 0.2) is 0 Å². The van der Waals surface area contributed by atoms with Gasteiger partial charge in [-0.05, 0) is 6.42 Å². The minimum atomic E-state index is -0.413. The molecule has 0 aromatic heterocycles. The van der Waals surface area contributed by atoms with Crippen molar-refractivity contribution in [1.29, 1.82) is 0 Å². The zero-order chi connectivity index (χ0) is 8.43. The van der Waals surface area contributed by atoms with E-state index in [0.717, 1.165) is 0 Å². The maximum Gasteiger partial charge on any atom is 0.305 e. The molecule has 1 aliphatic carbocycles. The van der Waals surface area contributed by atoms with Crippen LogP contribution < -0.4 is 5.73 Å². The summed E-state index contributed by atoms with van der Waals surface area (Å²) in [5.74, 6) is -0.397. The maximum absolute atomic E-state index is 10.7. The highest BCUT2D eigenvalue weighted by atomic mass is 16.5.